The van der Waals surface area contributed by atoms with Gasteiger partial charge in [-0.1, -0.05) is 24.6 Å². The number of fused-ring (bicyclic) bond motifs is 1. The molecule has 0 N–H and O–H groups in total. The summed E-state index contributed by atoms with van der Waals surface area (Å²) < 4.78 is 2.36. The first-order chi connectivity index (χ1) is 11.6. The number of likely N-dealkylation sites (tertiary alicyclic amines) is 1. The average molecular weight is 366 g/mol. The van der Waals surface area contributed by atoms with Gasteiger partial charge in [0.1, 0.15) is 4.70 Å². The number of aromatic nitrogens is 2. The highest BCUT2D eigenvalue weighted by molar-refractivity contribution is 8.00. The van der Waals surface area contributed by atoms with E-state index in [2.05, 4.69) is 4.98 Å². The largest absolute Gasteiger partial charge is 0.342 e. The van der Waals surface area contributed by atoms with Gasteiger partial charge in [0.05, 0.1) is 10.8 Å². The van der Waals surface area contributed by atoms with E-state index in [-0.39, 0.29) is 16.7 Å². The number of thioether (sulfide) groups is 1. The molecule has 1 unspecified atom stereocenters. The molecule has 5 nitrogen and oxygen atoms in total. The Morgan fingerprint density at radius 2 is 2.04 bits per heavy atom. The highest BCUT2D eigenvalue weighted by Gasteiger charge is 2.24. The van der Waals surface area contributed by atoms with E-state index in [4.69, 9.17) is 0 Å². The summed E-state index contributed by atoms with van der Waals surface area (Å²) in [5.74, 6) is 0.157. The van der Waals surface area contributed by atoms with Crippen LogP contribution in [0.1, 0.15) is 39.5 Å². The van der Waals surface area contributed by atoms with Crippen molar-refractivity contribution in [3.63, 3.8) is 0 Å². The lowest BCUT2D eigenvalue weighted by Crippen LogP contribution is -2.37. The van der Waals surface area contributed by atoms with Gasteiger partial charge in [-0.25, -0.2) is 4.98 Å². The van der Waals surface area contributed by atoms with E-state index in [1.54, 1.807) is 4.57 Å². The van der Waals surface area contributed by atoms with Crippen LogP contribution in [-0.4, -0.2) is 38.7 Å². The van der Waals surface area contributed by atoms with E-state index in [0.717, 1.165) is 31.4 Å². The number of nitrogens with zero attached hydrogens (tertiary/aromatic N) is 3. The molecule has 24 heavy (non-hydrogen) atoms. The summed E-state index contributed by atoms with van der Waals surface area (Å²) in [6.07, 6.45) is 4.58. The molecule has 0 spiro atoms. The normalized spacial score (nSPS) is 17.0. The topological polar surface area (TPSA) is 55.2 Å². The smallest absolute Gasteiger partial charge is 0.272 e. The zero-order valence-corrected chi connectivity index (χ0v) is 15.8. The highest BCUT2D eigenvalue weighted by atomic mass is 32.2. The van der Waals surface area contributed by atoms with Crippen molar-refractivity contribution in [2.45, 2.75) is 56.5 Å². The summed E-state index contributed by atoms with van der Waals surface area (Å²) in [5.41, 5.74) is 0.723. The third-order valence-electron chi connectivity index (χ3n) is 4.39. The zero-order chi connectivity index (χ0) is 17.1. The van der Waals surface area contributed by atoms with Crippen molar-refractivity contribution < 1.29 is 4.79 Å². The Morgan fingerprint density at radius 1 is 1.33 bits per heavy atom. The molecule has 0 bridgehead atoms. The molecule has 2 aromatic heterocycles. The lowest BCUT2D eigenvalue weighted by atomic mass is 10.2. The lowest BCUT2D eigenvalue weighted by Gasteiger charge is -2.24. The van der Waals surface area contributed by atoms with Gasteiger partial charge in [0, 0.05) is 19.6 Å². The number of hydrogen-bond acceptors (Lipinski definition) is 5. The Hall–Kier alpha value is -1.34. The van der Waals surface area contributed by atoms with E-state index in [9.17, 15) is 9.59 Å². The number of hydrogen-bond donors (Lipinski definition) is 0. The maximum atomic E-state index is 12.7. The molecule has 1 atom stereocenters. The van der Waals surface area contributed by atoms with E-state index >= 15 is 0 Å². The molecule has 0 saturated carbocycles. The van der Waals surface area contributed by atoms with E-state index in [1.165, 1.54) is 35.9 Å². The molecule has 0 radical (unpaired) electrons. The molecule has 0 aliphatic carbocycles. The maximum Gasteiger partial charge on any atom is 0.272 e. The minimum Gasteiger partial charge on any atom is -0.342 e. The first kappa shape index (κ1) is 17.5. The van der Waals surface area contributed by atoms with E-state index in [0.29, 0.717) is 16.4 Å². The molecular weight excluding hydrogens is 342 g/mol. The molecule has 1 saturated heterocycles. The van der Waals surface area contributed by atoms with Gasteiger partial charge in [-0.2, -0.15) is 0 Å². The fraction of sp³-hybridized carbons (Fsp3) is 0.588. The minimum atomic E-state index is -0.233. The maximum absolute atomic E-state index is 12.7. The molecule has 1 amide bonds. The highest BCUT2D eigenvalue weighted by Crippen LogP contribution is 2.26. The van der Waals surface area contributed by atoms with Crippen LogP contribution in [0.5, 0.6) is 0 Å². The van der Waals surface area contributed by atoms with Crippen LogP contribution >= 0.6 is 23.1 Å². The van der Waals surface area contributed by atoms with Gasteiger partial charge < -0.3 is 4.90 Å². The SMILES string of the molecule is CCn1c(SC(C)C(=O)N2CCCCCC2)nc2ccsc2c1=O. The minimum absolute atomic E-state index is 0.00517. The summed E-state index contributed by atoms with van der Waals surface area (Å²) in [6, 6.07) is 1.87. The van der Waals surface area contributed by atoms with Crippen molar-refractivity contribution in [2.75, 3.05) is 13.1 Å². The molecule has 1 aliphatic rings. The van der Waals surface area contributed by atoms with Crippen LogP contribution in [0.25, 0.3) is 10.2 Å². The second-order valence-electron chi connectivity index (χ2n) is 6.08. The van der Waals surface area contributed by atoms with Crippen LogP contribution < -0.4 is 5.56 Å². The van der Waals surface area contributed by atoms with Gasteiger partial charge in [0.25, 0.3) is 5.56 Å². The second-order valence-corrected chi connectivity index (χ2v) is 8.30. The Labute approximate surface area is 150 Å². The van der Waals surface area contributed by atoms with E-state index < -0.39 is 0 Å². The third kappa shape index (κ3) is 3.52. The second kappa shape index (κ2) is 7.70. The van der Waals surface area contributed by atoms with Crippen LogP contribution in [0.15, 0.2) is 21.4 Å². The molecule has 1 fully saturated rings. The average Bonchev–Trinajstić information content (AvgIpc) is 2.88. The van der Waals surface area contributed by atoms with Crippen molar-refractivity contribution in [3.05, 3.63) is 21.8 Å². The fourth-order valence-corrected chi connectivity index (χ4v) is 4.88. The number of thiophene rings is 1. The predicted molar refractivity (Wildman–Crippen MR) is 99.9 cm³/mol. The van der Waals surface area contributed by atoms with Gasteiger partial charge >= 0.3 is 0 Å². The molecular formula is C17H23N3O2S2. The molecule has 130 valence electrons. The van der Waals surface area contributed by atoms with Gasteiger partial charge in [-0.15, -0.1) is 11.3 Å². The van der Waals surface area contributed by atoms with Crippen LogP contribution in [0, 0.1) is 0 Å². The Kier molecular flexibility index (Phi) is 5.61. The lowest BCUT2D eigenvalue weighted by molar-refractivity contribution is -0.130. The standard InChI is InChI=1S/C17H23N3O2S2/c1-3-20-16(22)14-13(8-11-23-14)18-17(20)24-12(2)15(21)19-9-6-4-5-7-10-19/h8,11-12H,3-7,9-10H2,1-2H3. The van der Waals surface area contributed by atoms with Crippen molar-refractivity contribution in [3.8, 4) is 0 Å². The zero-order valence-electron chi connectivity index (χ0n) is 14.2. The first-order valence-electron chi connectivity index (χ1n) is 8.55. The van der Waals surface area contributed by atoms with E-state index in [1.807, 2.05) is 30.2 Å². The predicted octanol–water partition coefficient (Wildman–Crippen LogP) is 3.36. The summed E-state index contributed by atoms with van der Waals surface area (Å²) >= 11 is 2.82. The van der Waals surface area contributed by atoms with Crippen molar-refractivity contribution in [1.82, 2.24) is 14.5 Å². The fourth-order valence-electron chi connectivity index (χ4n) is 3.05. The number of carbonyl (C=O) groups is 1. The summed E-state index contributed by atoms with van der Waals surface area (Å²) in [5, 5.41) is 2.30. The molecule has 0 aromatic carbocycles. The van der Waals surface area contributed by atoms with Crippen LogP contribution in [0.4, 0.5) is 0 Å². The molecule has 3 heterocycles. The number of carbonyl (C=O) groups excluding carboxylic acids is 1. The molecule has 2 aromatic rings. The molecule has 3 rings (SSSR count). The van der Waals surface area contributed by atoms with Gasteiger partial charge in [-0.3, -0.25) is 14.2 Å². The summed E-state index contributed by atoms with van der Waals surface area (Å²) in [7, 11) is 0. The molecule has 7 heteroatoms. The number of amides is 1. The Morgan fingerprint density at radius 3 is 2.71 bits per heavy atom. The van der Waals surface area contributed by atoms with Crippen LogP contribution in [0.2, 0.25) is 0 Å². The van der Waals surface area contributed by atoms with Gasteiger partial charge in [0.2, 0.25) is 5.91 Å². The Balaban J connectivity index is 1.83. The van der Waals surface area contributed by atoms with Gasteiger partial charge in [-0.05, 0) is 38.1 Å². The summed E-state index contributed by atoms with van der Waals surface area (Å²) in [6.45, 7) is 6.12. The summed E-state index contributed by atoms with van der Waals surface area (Å²) in [4.78, 5) is 31.9. The molecule has 1 aliphatic heterocycles. The van der Waals surface area contributed by atoms with Crippen molar-refractivity contribution in [2.24, 2.45) is 0 Å². The van der Waals surface area contributed by atoms with Crippen molar-refractivity contribution >= 4 is 39.2 Å². The van der Waals surface area contributed by atoms with Crippen LogP contribution in [-0.2, 0) is 11.3 Å². The first-order valence-corrected chi connectivity index (χ1v) is 10.3. The number of rotatable bonds is 4. The monoisotopic (exact) mass is 365 g/mol. The third-order valence-corrected chi connectivity index (χ3v) is 6.36. The van der Waals surface area contributed by atoms with Crippen LogP contribution in [0.3, 0.4) is 0 Å². The van der Waals surface area contributed by atoms with Gasteiger partial charge in [0.15, 0.2) is 5.16 Å². The van der Waals surface area contributed by atoms with Crippen molar-refractivity contribution in [1.29, 1.82) is 0 Å². The quantitative estimate of drug-likeness (QED) is 0.616. The Bertz CT molecular complexity index is 776.